The van der Waals surface area contributed by atoms with Gasteiger partial charge < -0.3 is 20.1 Å². The van der Waals surface area contributed by atoms with Crippen molar-refractivity contribution in [1.29, 1.82) is 0 Å². The molecule has 2 rings (SSSR count). The largest absolute Gasteiger partial charge is 0.481 e. The minimum absolute atomic E-state index is 0.106. The second-order valence-corrected chi connectivity index (χ2v) is 5.06. The average Bonchev–Trinajstić information content (AvgIpc) is 2.98. The van der Waals surface area contributed by atoms with Crippen molar-refractivity contribution in [2.45, 2.75) is 37.8 Å². The van der Waals surface area contributed by atoms with Gasteiger partial charge in [0.05, 0.1) is 18.6 Å². The SMILES string of the molecule is CN(C(=O)NC1CCCC1C(=O)O)C1CCOC1. The number of likely N-dealkylation sites (N-methyl/N-ethyl adjacent to an activating group) is 1. The van der Waals surface area contributed by atoms with E-state index in [4.69, 9.17) is 9.84 Å². The highest BCUT2D eigenvalue weighted by atomic mass is 16.5. The third-order valence-electron chi connectivity index (χ3n) is 3.92. The number of hydrogen-bond acceptors (Lipinski definition) is 3. The maximum atomic E-state index is 12.0. The van der Waals surface area contributed by atoms with Gasteiger partial charge in [0.2, 0.25) is 0 Å². The van der Waals surface area contributed by atoms with Crippen LogP contribution in [-0.2, 0) is 9.53 Å². The van der Waals surface area contributed by atoms with Gasteiger partial charge in [-0.1, -0.05) is 6.42 Å². The molecule has 3 unspecified atom stereocenters. The summed E-state index contributed by atoms with van der Waals surface area (Å²) in [5.41, 5.74) is 0. The van der Waals surface area contributed by atoms with Gasteiger partial charge in [0.15, 0.2) is 0 Å². The lowest BCUT2D eigenvalue weighted by Gasteiger charge is -2.26. The number of hydrogen-bond donors (Lipinski definition) is 2. The molecular weight excluding hydrogens is 236 g/mol. The van der Waals surface area contributed by atoms with E-state index in [1.807, 2.05) is 0 Å². The van der Waals surface area contributed by atoms with Gasteiger partial charge >= 0.3 is 12.0 Å². The zero-order valence-corrected chi connectivity index (χ0v) is 10.6. The molecule has 1 aliphatic heterocycles. The predicted octanol–water partition coefficient (Wildman–Crippen LogP) is 0.670. The van der Waals surface area contributed by atoms with Crippen LogP contribution < -0.4 is 5.32 Å². The lowest BCUT2D eigenvalue weighted by atomic mass is 10.0. The Bertz CT molecular complexity index is 328. The van der Waals surface area contributed by atoms with Crippen molar-refractivity contribution in [3.63, 3.8) is 0 Å². The Hall–Kier alpha value is -1.30. The molecule has 2 aliphatic rings. The molecule has 1 saturated heterocycles. The van der Waals surface area contributed by atoms with Gasteiger partial charge in [0.1, 0.15) is 0 Å². The third-order valence-corrected chi connectivity index (χ3v) is 3.92. The Morgan fingerprint density at radius 2 is 2.11 bits per heavy atom. The molecule has 18 heavy (non-hydrogen) atoms. The molecule has 2 N–H and O–H groups in total. The zero-order chi connectivity index (χ0) is 13.1. The molecule has 0 bridgehead atoms. The molecule has 1 saturated carbocycles. The van der Waals surface area contributed by atoms with E-state index in [1.165, 1.54) is 0 Å². The molecule has 2 fully saturated rings. The molecule has 0 aromatic carbocycles. The fourth-order valence-corrected chi connectivity index (χ4v) is 2.68. The highest BCUT2D eigenvalue weighted by molar-refractivity contribution is 5.77. The van der Waals surface area contributed by atoms with Crippen molar-refractivity contribution < 1.29 is 19.4 Å². The van der Waals surface area contributed by atoms with Crippen LogP contribution >= 0.6 is 0 Å². The number of urea groups is 1. The summed E-state index contributed by atoms with van der Waals surface area (Å²) < 4.78 is 5.24. The summed E-state index contributed by atoms with van der Waals surface area (Å²) in [6, 6.07) is -0.321. The lowest BCUT2D eigenvalue weighted by molar-refractivity contribution is -0.142. The first-order chi connectivity index (χ1) is 8.59. The van der Waals surface area contributed by atoms with Crippen LogP contribution in [-0.4, -0.2) is 54.4 Å². The van der Waals surface area contributed by atoms with E-state index >= 15 is 0 Å². The van der Waals surface area contributed by atoms with E-state index in [0.29, 0.717) is 19.6 Å². The monoisotopic (exact) mass is 256 g/mol. The van der Waals surface area contributed by atoms with Crippen LogP contribution in [0, 0.1) is 5.92 Å². The van der Waals surface area contributed by atoms with Gasteiger partial charge in [0.25, 0.3) is 0 Å². The number of carboxylic acids is 1. The molecule has 0 aromatic rings. The quantitative estimate of drug-likeness (QED) is 0.778. The number of aliphatic carboxylic acids is 1. The van der Waals surface area contributed by atoms with Crippen LogP contribution in [0.5, 0.6) is 0 Å². The van der Waals surface area contributed by atoms with E-state index < -0.39 is 11.9 Å². The summed E-state index contributed by atoms with van der Waals surface area (Å²) in [5, 5.41) is 11.9. The number of nitrogens with one attached hydrogen (secondary N) is 1. The van der Waals surface area contributed by atoms with Crippen molar-refractivity contribution >= 4 is 12.0 Å². The number of carbonyl (C=O) groups is 2. The summed E-state index contributed by atoms with van der Waals surface area (Å²) in [6.07, 6.45) is 3.10. The Morgan fingerprint density at radius 3 is 2.72 bits per heavy atom. The Balaban J connectivity index is 1.88. The molecule has 2 amide bonds. The summed E-state index contributed by atoms with van der Waals surface area (Å²) in [6.45, 7) is 1.25. The van der Waals surface area contributed by atoms with E-state index in [9.17, 15) is 9.59 Å². The molecule has 0 spiro atoms. The van der Waals surface area contributed by atoms with Crippen molar-refractivity contribution in [2.75, 3.05) is 20.3 Å². The van der Waals surface area contributed by atoms with Gasteiger partial charge in [-0.3, -0.25) is 4.79 Å². The van der Waals surface area contributed by atoms with Gasteiger partial charge in [-0.25, -0.2) is 4.79 Å². The van der Waals surface area contributed by atoms with Gasteiger partial charge in [-0.05, 0) is 19.3 Å². The van der Waals surface area contributed by atoms with E-state index in [2.05, 4.69) is 5.32 Å². The Kier molecular flexibility index (Phi) is 4.06. The van der Waals surface area contributed by atoms with Crippen molar-refractivity contribution in [3.8, 4) is 0 Å². The van der Waals surface area contributed by atoms with Crippen molar-refractivity contribution in [3.05, 3.63) is 0 Å². The van der Waals surface area contributed by atoms with E-state index in [1.54, 1.807) is 11.9 Å². The van der Waals surface area contributed by atoms with Crippen molar-refractivity contribution in [1.82, 2.24) is 10.2 Å². The Morgan fingerprint density at radius 1 is 1.33 bits per heavy atom. The molecule has 6 heteroatoms. The lowest BCUT2D eigenvalue weighted by Crippen LogP contribution is -2.49. The van der Waals surface area contributed by atoms with Crippen LogP contribution in [0.15, 0.2) is 0 Å². The summed E-state index contributed by atoms with van der Waals surface area (Å²) >= 11 is 0. The summed E-state index contributed by atoms with van der Waals surface area (Å²) in [5.74, 6) is -1.26. The second-order valence-electron chi connectivity index (χ2n) is 5.06. The molecule has 0 aromatic heterocycles. The van der Waals surface area contributed by atoms with Crippen molar-refractivity contribution in [2.24, 2.45) is 5.92 Å². The number of rotatable bonds is 3. The van der Waals surface area contributed by atoms with Crippen LogP contribution in [0.25, 0.3) is 0 Å². The van der Waals surface area contributed by atoms with E-state index in [-0.39, 0.29) is 18.1 Å². The topological polar surface area (TPSA) is 78.9 Å². The van der Waals surface area contributed by atoms with Crippen LogP contribution in [0.2, 0.25) is 0 Å². The molecule has 1 aliphatic carbocycles. The number of nitrogens with zero attached hydrogens (tertiary/aromatic N) is 1. The normalized spacial score (nSPS) is 31.3. The van der Waals surface area contributed by atoms with Crippen LogP contribution in [0.3, 0.4) is 0 Å². The highest BCUT2D eigenvalue weighted by Gasteiger charge is 2.35. The van der Waals surface area contributed by atoms with Gasteiger partial charge in [-0.15, -0.1) is 0 Å². The maximum Gasteiger partial charge on any atom is 0.317 e. The van der Waals surface area contributed by atoms with Crippen LogP contribution in [0.1, 0.15) is 25.7 Å². The molecule has 0 radical (unpaired) electrons. The molecule has 1 heterocycles. The van der Waals surface area contributed by atoms with Gasteiger partial charge in [-0.2, -0.15) is 0 Å². The smallest absolute Gasteiger partial charge is 0.317 e. The highest BCUT2D eigenvalue weighted by Crippen LogP contribution is 2.26. The fourth-order valence-electron chi connectivity index (χ4n) is 2.68. The third kappa shape index (κ3) is 2.75. The Labute approximate surface area is 106 Å². The first kappa shape index (κ1) is 13.1. The van der Waals surface area contributed by atoms with Crippen LogP contribution in [0.4, 0.5) is 4.79 Å². The zero-order valence-electron chi connectivity index (χ0n) is 10.6. The predicted molar refractivity (Wildman–Crippen MR) is 64.3 cm³/mol. The molecule has 6 nitrogen and oxygen atoms in total. The first-order valence-corrected chi connectivity index (χ1v) is 6.43. The summed E-state index contributed by atoms with van der Waals surface area (Å²) in [4.78, 5) is 24.7. The minimum Gasteiger partial charge on any atom is -0.481 e. The molecular formula is C12H20N2O4. The van der Waals surface area contributed by atoms with Gasteiger partial charge in [0, 0.05) is 19.7 Å². The second kappa shape index (κ2) is 5.56. The molecule has 3 atom stereocenters. The number of amides is 2. The number of ether oxygens (including phenoxy) is 1. The maximum absolute atomic E-state index is 12.0. The number of carbonyl (C=O) groups excluding carboxylic acids is 1. The minimum atomic E-state index is -0.815. The fraction of sp³-hybridized carbons (Fsp3) is 0.833. The standard InChI is InChI=1S/C12H20N2O4/c1-14(8-5-6-18-7-8)12(17)13-10-4-2-3-9(10)11(15)16/h8-10H,2-7H2,1H3,(H,13,17)(H,15,16). The average molecular weight is 256 g/mol. The number of carboxylic acid groups (broad SMARTS) is 1. The van der Waals surface area contributed by atoms with E-state index in [0.717, 1.165) is 19.3 Å². The molecule has 102 valence electrons. The summed E-state index contributed by atoms with van der Waals surface area (Å²) in [7, 11) is 1.74. The first-order valence-electron chi connectivity index (χ1n) is 6.43.